The number of rotatable bonds is 6. The van der Waals surface area contributed by atoms with Gasteiger partial charge in [0.2, 0.25) is 0 Å². The molecule has 12 aromatic rings. The predicted octanol–water partition coefficient (Wildman–Crippen LogP) is 17.0. The lowest BCUT2D eigenvalue weighted by molar-refractivity contribution is 0.794. The highest BCUT2D eigenvalue weighted by Gasteiger charge is 2.53. The zero-order valence-corrected chi connectivity index (χ0v) is 38.5. The topological polar surface area (TPSA) is 38.7 Å². The van der Waals surface area contributed by atoms with Crippen LogP contribution in [0.4, 0.5) is 0 Å². The average Bonchev–Trinajstić information content (AvgIpc) is 4.06. The van der Waals surface area contributed by atoms with E-state index in [4.69, 9.17) is 4.98 Å². The number of benzene rings is 9. The Morgan fingerprint density at radius 3 is 1.31 bits per heavy atom. The first kappa shape index (κ1) is 39.7. The van der Waals surface area contributed by atoms with E-state index in [0.29, 0.717) is 0 Å². The second-order valence-corrected chi connectivity index (χ2v) is 19.0. The first-order valence-corrected chi connectivity index (χ1v) is 24.4. The summed E-state index contributed by atoms with van der Waals surface area (Å²) in [5.74, 6) is 0. The van der Waals surface area contributed by atoms with Crippen LogP contribution in [-0.4, -0.2) is 15.0 Å². The van der Waals surface area contributed by atoms with Gasteiger partial charge in [0.25, 0.3) is 0 Å². The summed E-state index contributed by atoms with van der Waals surface area (Å²) >= 11 is 0. The largest absolute Gasteiger partial charge is 0.265 e. The molecule has 0 N–H and O–H groups in total. The molecule has 0 saturated carbocycles. The van der Waals surface area contributed by atoms with Crippen LogP contribution < -0.4 is 0 Å². The highest BCUT2D eigenvalue weighted by molar-refractivity contribution is 6.21. The Morgan fingerprint density at radius 2 is 0.718 bits per heavy atom. The second-order valence-electron chi connectivity index (χ2n) is 19.0. The van der Waals surface area contributed by atoms with E-state index in [-0.39, 0.29) is 0 Å². The van der Waals surface area contributed by atoms with E-state index < -0.39 is 5.41 Å². The van der Waals surface area contributed by atoms with Gasteiger partial charge in [-0.3, -0.25) is 9.97 Å². The molecule has 0 radical (unpaired) electrons. The summed E-state index contributed by atoms with van der Waals surface area (Å²) in [5, 5.41) is 2.59. The van der Waals surface area contributed by atoms with E-state index in [2.05, 4.69) is 234 Å². The number of hydrogen-bond donors (Lipinski definition) is 0. The Bertz CT molecular complexity index is 3980. The average molecular weight is 900 g/mol. The summed E-state index contributed by atoms with van der Waals surface area (Å²) in [7, 11) is 0. The third-order valence-electron chi connectivity index (χ3n) is 15.4. The van der Waals surface area contributed by atoms with Crippen molar-refractivity contribution in [3.05, 3.63) is 271 Å². The van der Waals surface area contributed by atoms with Crippen molar-refractivity contribution in [2.75, 3.05) is 0 Å². The smallest absolute Gasteiger partial charge is 0.0725 e. The first-order valence-electron chi connectivity index (χ1n) is 24.4. The molecule has 71 heavy (non-hydrogen) atoms. The zero-order chi connectivity index (χ0) is 46.6. The minimum atomic E-state index is -0.488. The molecule has 3 heteroatoms. The minimum Gasteiger partial charge on any atom is -0.265 e. The number of pyridine rings is 3. The van der Waals surface area contributed by atoms with E-state index in [1.807, 2.05) is 24.8 Å². The maximum Gasteiger partial charge on any atom is 0.0725 e. The Morgan fingerprint density at radius 1 is 0.254 bits per heavy atom. The van der Waals surface area contributed by atoms with Crippen molar-refractivity contribution in [2.45, 2.75) is 5.41 Å². The normalized spacial score (nSPS) is 12.9. The lowest BCUT2D eigenvalue weighted by Crippen LogP contribution is -2.26. The molecule has 3 nitrogen and oxygen atoms in total. The summed E-state index contributed by atoms with van der Waals surface area (Å²) in [6, 6.07) is 83.2. The molecule has 3 aliphatic rings. The van der Waals surface area contributed by atoms with Crippen molar-refractivity contribution >= 4 is 10.8 Å². The molecule has 0 bridgehead atoms. The maximum absolute atomic E-state index is 5.41. The number of aromatic nitrogens is 3. The molecule has 0 unspecified atom stereocenters. The minimum absolute atomic E-state index is 0.488. The van der Waals surface area contributed by atoms with E-state index in [0.717, 1.165) is 55.9 Å². The molecule has 0 fully saturated rings. The van der Waals surface area contributed by atoms with E-state index in [1.165, 1.54) is 88.7 Å². The lowest BCUT2D eigenvalue weighted by atomic mass is 9.69. The molecule has 3 aromatic heterocycles. The maximum atomic E-state index is 5.41. The van der Waals surface area contributed by atoms with Crippen molar-refractivity contribution in [3.63, 3.8) is 0 Å². The Labute approximate surface area is 412 Å². The molecular weight excluding hydrogens is 859 g/mol. The van der Waals surface area contributed by atoms with Gasteiger partial charge in [-0.25, -0.2) is 4.98 Å². The molecule has 1 spiro atoms. The summed E-state index contributed by atoms with van der Waals surface area (Å²) in [5.41, 5.74) is 28.5. The van der Waals surface area contributed by atoms with Crippen LogP contribution in [0.15, 0.2) is 249 Å². The molecule has 328 valence electrons. The number of hydrogen-bond acceptors (Lipinski definition) is 3. The van der Waals surface area contributed by atoms with Crippen molar-refractivity contribution in [1.82, 2.24) is 15.0 Å². The molecule has 3 aliphatic carbocycles. The quantitative estimate of drug-likeness (QED) is 0.167. The summed E-state index contributed by atoms with van der Waals surface area (Å²) in [6.45, 7) is 0. The first-order chi connectivity index (χ1) is 35.2. The fourth-order valence-corrected chi connectivity index (χ4v) is 12.4. The van der Waals surface area contributed by atoms with Gasteiger partial charge in [0.05, 0.1) is 16.8 Å². The number of fused-ring (bicyclic) bond motifs is 13. The summed E-state index contributed by atoms with van der Waals surface area (Å²) in [6.07, 6.45) is 7.37. The van der Waals surface area contributed by atoms with Crippen LogP contribution in [0.1, 0.15) is 22.3 Å². The highest BCUT2D eigenvalue weighted by Crippen LogP contribution is 2.67. The highest BCUT2D eigenvalue weighted by atomic mass is 14.7. The molecule has 9 aromatic carbocycles. The van der Waals surface area contributed by atoms with Crippen LogP contribution in [-0.2, 0) is 5.41 Å². The van der Waals surface area contributed by atoms with Crippen LogP contribution in [0.3, 0.4) is 0 Å². The zero-order valence-electron chi connectivity index (χ0n) is 38.5. The third kappa shape index (κ3) is 5.81. The molecule has 0 atom stereocenters. The van der Waals surface area contributed by atoms with Crippen LogP contribution in [0.2, 0.25) is 0 Å². The fourth-order valence-electron chi connectivity index (χ4n) is 12.4. The standard InChI is InChI=1S/C68H41N3/c1-4-19-58-52(14-1)53-15-2-5-20-59(53)68(58)60-21-6-3-16-55(60)67-61(68)41-57-54-17-8-10-48-11-9-18-56(64(48)54)66(57)65(67)50-13-7-12-49(38-50)51-39-62(46-26-22-42(23-27-46)44-30-34-69-35-31-44)71-63(40-51)47-28-24-43(25-29-47)45-32-36-70-37-33-45/h1-41H. The van der Waals surface area contributed by atoms with Crippen LogP contribution >= 0.6 is 0 Å². The SMILES string of the molecule is c1cc(-c2cc(-c3ccc(-c4ccncc4)cc3)nc(-c3ccc(-c4ccncc4)cc3)c2)cc(-c2c3c(cc4c2-c2ccccc2C42c4ccccc4-c4ccccc42)-c2cccc4cccc-3c24)c1. The van der Waals surface area contributed by atoms with Gasteiger partial charge in [-0.15, -0.1) is 0 Å². The molecule has 0 amide bonds. The third-order valence-corrected chi connectivity index (χ3v) is 15.4. The van der Waals surface area contributed by atoms with Crippen molar-refractivity contribution in [3.8, 4) is 112 Å². The Hall–Kier alpha value is -9.31. The van der Waals surface area contributed by atoms with Crippen molar-refractivity contribution in [2.24, 2.45) is 0 Å². The lowest BCUT2D eigenvalue weighted by Gasteiger charge is -2.31. The van der Waals surface area contributed by atoms with Gasteiger partial charge in [-0.05, 0) is 171 Å². The van der Waals surface area contributed by atoms with Gasteiger partial charge in [0, 0.05) is 35.9 Å². The van der Waals surface area contributed by atoms with Gasteiger partial charge in [0.1, 0.15) is 0 Å². The van der Waals surface area contributed by atoms with Gasteiger partial charge >= 0.3 is 0 Å². The second kappa shape index (κ2) is 15.3. The van der Waals surface area contributed by atoms with Crippen molar-refractivity contribution in [1.29, 1.82) is 0 Å². The van der Waals surface area contributed by atoms with E-state index in [9.17, 15) is 0 Å². The van der Waals surface area contributed by atoms with Crippen LogP contribution in [0, 0.1) is 0 Å². The molecule has 3 heterocycles. The molecule has 0 aliphatic heterocycles. The molecule has 15 rings (SSSR count). The van der Waals surface area contributed by atoms with Crippen molar-refractivity contribution < 1.29 is 0 Å². The van der Waals surface area contributed by atoms with Gasteiger partial charge < -0.3 is 0 Å². The number of nitrogens with zero attached hydrogens (tertiary/aromatic N) is 3. The van der Waals surface area contributed by atoms with E-state index in [1.54, 1.807) is 0 Å². The Balaban J connectivity index is 0.970. The molecule has 0 saturated heterocycles. The fraction of sp³-hybridized carbons (Fsp3) is 0.0147. The predicted molar refractivity (Wildman–Crippen MR) is 291 cm³/mol. The van der Waals surface area contributed by atoms with Gasteiger partial charge in [0.15, 0.2) is 0 Å². The Kier molecular flexibility index (Phi) is 8.57. The van der Waals surface area contributed by atoms with E-state index >= 15 is 0 Å². The summed E-state index contributed by atoms with van der Waals surface area (Å²) in [4.78, 5) is 13.9. The van der Waals surface area contributed by atoms with Gasteiger partial charge in [-0.1, -0.05) is 176 Å². The summed E-state index contributed by atoms with van der Waals surface area (Å²) < 4.78 is 0. The van der Waals surface area contributed by atoms with Crippen LogP contribution in [0.5, 0.6) is 0 Å². The van der Waals surface area contributed by atoms with Gasteiger partial charge in [-0.2, -0.15) is 0 Å². The molecular formula is C68H41N3. The monoisotopic (exact) mass is 899 g/mol. The van der Waals surface area contributed by atoms with Crippen LogP contribution in [0.25, 0.3) is 122 Å².